The number of aryl methyl sites for hydroxylation is 1. The van der Waals surface area contributed by atoms with Gasteiger partial charge in [-0.3, -0.25) is 29.0 Å². The summed E-state index contributed by atoms with van der Waals surface area (Å²) in [6.45, 7) is 8.65. The third kappa shape index (κ3) is 12.1. The Morgan fingerprint density at radius 2 is 1.55 bits per heavy atom. The van der Waals surface area contributed by atoms with Crippen LogP contribution in [0.4, 0.5) is 21.5 Å². The third-order valence-corrected chi connectivity index (χ3v) is 15.0. The van der Waals surface area contributed by atoms with Crippen LogP contribution < -0.4 is 35.6 Å². The van der Waals surface area contributed by atoms with Gasteiger partial charge in [0.15, 0.2) is 0 Å². The Morgan fingerprint density at radius 1 is 0.880 bits per heavy atom. The van der Waals surface area contributed by atoms with Gasteiger partial charge in [-0.15, -0.1) is 11.3 Å². The maximum atomic E-state index is 14.2. The summed E-state index contributed by atoms with van der Waals surface area (Å²) < 4.78 is 31.7. The van der Waals surface area contributed by atoms with Gasteiger partial charge in [-0.05, 0) is 116 Å². The monoisotopic (exact) mass is 1040 g/mol. The molecule has 19 heteroatoms. The largest absolute Gasteiger partial charge is 0.495 e. The molecule has 1 aliphatic carbocycles. The van der Waals surface area contributed by atoms with E-state index in [1.165, 1.54) is 29.2 Å². The van der Waals surface area contributed by atoms with Crippen molar-refractivity contribution in [1.29, 1.82) is 0 Å². The van der Waals surface area contributed by atoms with Crippen LogP contribution in [-0.2, 0) is 35.3 Å². The number of hydrogen-bond acceptors (Lipinski definition) is 13. The molecule has 3 atom stereocenters. The van der Waals surface area contributed by atoms with E-state index in [0.29, 0.717) is 72.9 Å². The molecule has 3 aliphatic rings. The van der Waals surface area contributed by atoms with E-state index >= 15 is 0 Å². The molecule has 6 aromatic rings. The molecule has 4 aromatic carbocycles. The van der Waals surface area contributed by atoms with Crippen LogP contribution in [0.2, 0.25) is 0 Å². The normalized spacial score (nSPS) is 17.7. The van der Waals surface area contributed by atoms with Crippen LogP contribution in [-0.4, -0.2) is 107 Å². The minimum absolute atomic E-state index is 0.0300. The molecule has 0 radical (unpaired) electrons. The number of nitrogens with one attached hydrogen (secondary N) is 4. The highest BCUT2D eigenvalue weighted by molar-refractivity contribution is 7.13. The van der Waals surface area contributed by atoms with Crippen molar-refractivity contribution in [3.8, 4) is 27.7 Å². The first-order valence-corrected chi connectivity index (χ1v) is 25.9. The minimum Gasteiger partial charge on any atom is -0.495 e. The number of likely N-dealkylation sites (tertiary alicyclic amines) is 1. The van der Waals surface area contributed by atoms with Crippen molar-refractivity contribution in [2.45, 2.75) is 90.6 Å². The van der Waals surface area contributed by atoms with Crippen molar-refractivity contribution in [1.82, 2.24) is 25.5 Å². The molecule has 9 rings (SSSR count). The Morgan fingerprint density at radius 3 is 2.16 bits per heavy atom. The summed E-state index contributed by atoms with van der Waals surface area (Å²) in [6, 6.07) is 23.8. The number of anilines is 3. The Hall–Kier alpha value is -7.48. The fraction of sp³-hybridized carbons (Fsp3) is 0.375. The molecule has 2 aromatic heterocycles. The number of rotatable bonds is 17. The van der Waals surface area contributed by atoms with Crippen LogP contribution in [0, 0.1) is 23.6 Å². The van der Waals surface area contributed by atoms with Crippen LogP contribution >= 0.6 is 11.3 Å². The van der Waals surface area contributed by atoms with Crippen molar-refractivity contribution < 1.29 is 47.7 Å². The van der Waals surface area contributed by atoms with Crippen molar-refractivity contribution in [3.63, 3.8) is 0 Å². The first-order chi connectivity index (χ1) is 36.0. The van der Waals surface area contributed by atoms with Crippen LogP contribution in [0.25, 0.3) is 21.3 Å². The molecule has 17 nitrogen and oxygen atoms in total. The lowest BCUT2D eigenvalue weighted by Crippen LogP contribution is -2.58. The topological polar surface area (TPSA) is 214 Å². The third-order valence-electron chi connectivity index (χ3n) is 14.0. The standard InChI is InChI=1S/C56H61FN8O9S/c1-33-49(75-32-60-33)35-8-6-34(7-9-35)29-59-51(68)45-26-39(66)30-65(45)52(69)50(55(2,3)4)63-48(67)31-73-40-19-24-64(25-20-40)44-28-43-42(27-47(44)72-5)46(18-23-58-43)74-41-16-14-38(15-17-41)62-54(71)56(21-22-56)53(70)61-37-12-10-36(57)11-13-37/h6-18,23,27-28,32,39-40,45,50,66H,19-22,24-26,29-31H2,1-5H3,(H,59,68)(H,61,70)(H,62,71)(H,63,67)/t39-,45+,50-/m1/s1. The molecular weight excluding hydrogens is 980 g/mol. The summed E-state index contributed by atoms with van der Waals surface area (Å²) in [6.07, 6.45) is 2.66. The maximum absolute atomic E-state index is 14.2. The first-order valence-electron chi connectivity index (χ1n) is 25.0. The number of carbonyl (C=O) groups excluding carboxylic acids is 5. The maximum Gasteiger partial charge on any atom is 0.246 e. The highest BCUT2D eigenvalue weighted by Crippen LogP contribution is 2.48. The average Bonchev–Trinajstić information content (AvgIpc) is 3.97. The van der Waals surface area contributed by atoms with Crippen molar-refractivity contribution in [2.75, 3.05) is 48.9 Å². The number of fused-ring (bicyclic) bond motifs is 1. The van der Waals surface area contributed by atoms with Crippen LogP contribution in [0.3, 0.4) is 0 Å². The van der Waals surface area contributed by atoms with Crippen molar-refractivity contribution in [2.24, 2.45) is 10.8 Å². The van der Waals surface area contributed by atoms with Gasteiger partial charge in [0, 0.05) is 55.6 Å². The lowest BCUT2D eigenvalue weighted by atomic mass is 9.85. The number of benzene rings is 4. The summed E-state index contributed by atoms with van der Waals surface area (Å²) in [4.78, 5) is 81.2. The van der Waals surface area contributed by atoms with E-state index in [0.717, 1.165) is 32.8 Å². The van der Waals surface area contributed by atoms with Gasteiger partial charge in [0.2, 0.25) is 29.5 Å². The van der Waals surface area contributed by atoms with Crippen LogP contribution in [0.15, 0.2) is 103 Å². The Kier molecular flexibility index (Phi) is 15.5. The molecule has 5 amide bonds. The van der Waals surface area contributed by atoms with Gasteiger partial charge >= 0.3 is 0 Å². The number of carbonyl (C=O) groups is 5. The predicted octanol–water partition coefficient (Wildman–Crippen LogP) is 7.76. The van der Waals surface area contributed by atoms with Crippen molar-refractivity contribution in [3.05, 3.63) is 120 Å². The van der Waals surface area contributed by atoms with E-state index in [2.05, 4.69) is 36.1 Å². The molecule has 3 fully saturated rings. The Balaban J connectivity index is 0.758. The fourth-order valence-electron chi connectivity index (χ4n) is 9.53. The Labute approximate surface area is 438 Å². The van der Waals surface area contributed by atoms with Gasteiger partial charge < -0.3 is 50.4 Å². The number of hydrogen-bond donors (Lipinski definition) is 5. The molecule has 2 aliphatic heterocycles. The molecule has 1 saturated carbocycles. The number of aliphatic hydroxyl groups excluding tert-OH is 1. The Bertz CT molecular complexity index is 3060. The lowest BCUT2D eigenvalue weighted by Gasteiger charge is -2.36. The van der Waals surface area contributed by atoms with Crippen molar-refractivity contribution >= 4 is 68.8 Å². The van der Waals surface area contributed by atoms with Crippen LogP contribution in [0.5, 0.6) is 17.2 Å². The smallest absolute Gasteiger partial charge is 0.246 e. The highest BCUT2D eigenvalue weighted by atomic mass is 32.1. The average molecular weight is 1040 g/mol. The molecule has 5 N–H and O–H groups in total. The second-order valence-corrected chi connectivity index (χ2v) is 21.3. The van der Waals surface area contributed by atoms with E-state index in [-0.39, 0.29) is 38.1 Å². The number of ether oxygens (including phenoxy) is 3. The van der Waals surface area contributed by atoms with Gasteiger partial charge in [0.05, 0.1) is 46.6 Å². The molecule has 75 heavy (non-hydrogen) atoms. The van der Waals surface area contributed by atoms with E-state index < -0.39 is 58.5 Å². The number of aromatic nitrogens is 2. The zero-order chi connectivity index (χ0) is 53.0. The number of nitrogens with zero attached hydrogens (tertiary/aromatic N) is 4. The summed E-state index contributed by atoms with van der Waals surface area (Å²) in [7, 11) is 1.60. The summed E-state index contributed by atoms with van der Waals surface area (Å²) in [5, 5.41) is 22.8. The zero-order valence-corrected chi connectivity index (χ0v) is 43.3. The summed E-state index contributed by atoms with van der Waals surface area (Å²) >= 11 is 1.57. The number of halogens is 1. The van der Waals surface area contributed by atoms with Gasteiger partial charge in [0.1, 0.15) is 47.2 Å². The van der Waals surface area contributed by atoms with Gasteiger partial charge in [0.25, 0.3) is 0 Å². The summed E-state index contributed by atoms with van der Waals surface area (Å²) in [5.74, 6) is -0.908. The number of methoxy groups -OCH3 is 1. The summed E-state index contributed by atoms with van der Waals surface area (Å²) in [5.41, 5.74) is 5.19. The fourth-order valence-corrected chi connectivity index (χ4v) is 10.3. The highest BCUT2D eigenvalue weighted by Gasteiger charge is 2.56. The molecule has 2 saturated heterocycles. The predicted molar refractivity (Wildman–Crippen MR) is 283 cm³/mol. The second kappa shape index (κ2) is 22.2. The quantitative estimate of drug-likeness (QED) is 0.0555. The molecule has 0 unspecified atom stereocenters. The van der Waals surface area contributed by atoms with Gasteiger partial charge in [-0.25, -0.2) is 9.37 Å². The number of pyridine rings is 1. The molecule has 392 valence electrons. The molecule has 0 bridgehead atoms. The van der Waals surface area contributed by atoms with E-state index in [4.69, 9.17) is 14.2 Å². The number of thiazole rings is 1. The SMILES string of the molecule is COc1cc2c(Oc3ccc(NC(=O)C4(C(=O)Nc5ccc(F)cc5)CC4)cc3)ccnc2cc1N1CCC(OCC(=O)N[C@H](C(=O)N2C[C@H](O)C[C@H]2C(=O)NCc2ccc(-c3scnc3C)cc2)C(C)(C)C)CC1. The second-order valence-electron chi connectivity index (χ2n) is 20.4. The first kappa shape index (κ1) is 52.4. The molecular formula is C56H61FN8O9S. The van der Waals surface area contributed by atoms with E-state index in [9.17, 15) is 33.5 Å². The lowest BCUT2D eigenvalue weighted by molar-refractivity contribution is -0.145. The zero-order valence-electron chi connectivity index (χ0n) is 42.5. The number of piperidine rings is 1. The molecule has 0 spiro atoms. The van der Waals surface area contributed by atoms with Gasteiger partial charge in [-0.1, -0.05) is 45.0 Å². The minimum atomic E-state index is -1.20. The van der Waals surface area contributed by atoms with E-state index in [1.807, 2.05) is 69.6 Å². The number of amides is 5. The van der Waals surface area contributed by atoms with Gasteiger partial charge in [-0.2, -0.15) is 0 Å². The number of β-amino-alcohol motifs (C(OH)–C–C–N with tert-alkyl or cyclic N) is 1. The molecule has 4 heterocycles. The van der Waals surface area contributed by atoms with E-state index in [1.54, 1.807) is 55.0 Å². The number of aliphatic hydroxyl groups is 1. The van der Waals surface area contributed by atoms with Crippen LogP contribution in [0.1, 0.15) is 64.1 Å².